The van der Waals surface area contributed by atoms with Gasteiger partial charge in [0.05, 0.1) is 11.8 Å². The molecule has 4 nitrogen and oxygen atoms in total. The normalized spacial score (nSPS) is 23.7. The molecule has 6 atom stereocenters. The van der Waals surface area contributed by atoms with Gasteiger partial charge in [-0.25, -0.2) is 0 Å². The van der Waals surface area contributed by atoms with Gasteiger partial charge >= 0.3 is 11.9 Å². The monoisotopic (exact) mass is 608 g/mol. The summed E-state index contributed by atoms with van der Waals surface area (Å²) in [5.41, 5.74) is 3.11. The van der Waals surface area contributed by atoms with E-state index >= 15 is 0 Å². The molecule has 3 rings (SSSR count). The van der Waals surface area contributed by atoms with Crippen molar-refractivity contribution in [3.63, 3.8) is 0 Å². The van der Waals surface area contributed by atoms with Crippen LogP contribution in [-0.4, -0.2) is 32.7 Å². The Kier molecular flexibility index (Phi) is 20.7. The van der Waals surface area contributed by atoms with E-state index in [1.165, 1.54) is 57.8 Å². The summed E-state index contributed by atoms with van der Waals surface area (Å²) >= 11 is 4.35. The molecule has 0 radical (unpaired) electrons. The number of aliphatic carboxylic acids is 2. The highest BCUT2D eigenvalue weighted by Crippen LogP contribution is 2.50. The Balaban J connectivity index is 0.00000157. The minimum absolute atomic E-state index is 0.228. The van der Waals surface area contributed by atoms with Gasteiger partial charge in [0.2, 0.25) is 0 Å². The predicted molar refractivity (Wildman–Crippen MR) is 180 cm³/mol. The van der Waals surface area contributed by atoms with E-state index in [1.807, 2.05) is 27.7 Å². The molecular formula is C35H60O4S2. The van der Waals surface area contributed by atoms with Crippen molar-refractivity contribution in [2.45, 2.75) is 159 Å². The van der Waals surface area contributed by atoms with Crippen LogP contribution in [0.4, 0.5) is 0 Å². The van der Waals surface area contributed by atoms with Gasteiger partial charge < -0.3 is 10.2 Å². The highest BCUT2D eigenvalue weighted by molar-refractivity contribution is 8.00. The van der Waals surface area contributed by atoms with Crippen molar-refractivity contribution in [1.29, 1.82) is 0 Å². The number of thioether (sulfide) groups is 2. The number of rotatable bonds is 14. The van der Waals surface area contributed by atoms with Crippen molar-refractivity contribution in [2.24, 2.45) is 11.8 Å². The molecule has 41 heavy (non-hydrogen) atoms. The lowest BCUT2D eigenvalue weighted by Crippen LogP contribution is -2.17. The van der Waals surface area contributed by atoms with Crippen LogP contribution in [0.2, 0.25) is 0 Å². The maximum Gasteiger partial charge on any atom is 0.306 e. The van der Waals surface area contributed by atoms with Crippen molar-refractivity contribution in [3.8, 4) is 0 Å². The van der Waals surface area contributed by atoms with Crippen molar-refractivity contribution >= 4 is 35.5 Å². The van der Waals surface area contributed by atoms with Crippen LogP contribution in [0.1, 0.15) is 159 Å². The van der Waals surface area contributed by atoms with Crippen LogP contribution in [0.3, 0.4) is 0 Å². The van der Waals surface area contributed by atoms with Gasteiger partial charge in [-0.3, -0.25) is 9.59 Å². The van der Waals surface area contributed by atoms with Crippen LogP contribution in [0.5, 0.6) is 0 Å². The van der Waals surface area contributed by atoms with E-state index in [0.717, 1.165) is 38.5 Å². The Hall–Kier alpha value is -1.14. The first-order valence-corrected chi connectivity index (χ1v) is 18.5. The average molecular weight is 609 g/mol. The van der Waals surface area contributed by atoms with Gasteiger partial charge in [0.15, 0.2) is 0 Å². The smallest absolute Gasteiger partial charge is 0.306 e. The van der Waals surface area contributed by atoms with Crippen LogP contribution in [0.25, 0.3) is 0 Å². The minimum atomic E-state index is -0.672. The molecule has 6 unspecified atom stereocenters. The van der Waals surface area contributed by atoms with E-state index in [1.54, 1.807) is 11.1 Å². The zero-order valence-corrected chi connectivity index (χ0v) is 28.5. The lowest BCUT2D eigenvalue weighted by molar-refractivity contribution is -0.142. The van der Waals surface area contributed by atoms with Crippen molar-refractivity contribution in [1.82, 2.24) is 0 Å². The molecule has 0 amide bonds. The Bertz CT molecular complexity index is 778. The molecule has 2 aliphatic heterocycles. The van der Waals surface area contributed by atoms with Crippen LogP contribution in [-0.2, 0) is 9.59 Å². The number of hydrogen-bond acceptors (Lipinski definition) is 4. The molecule has 6 heteroatoms. The maximum absolute atomic E-state index is 11.1. The molecule has 0 aliphatic carbocycles. The summed E-state index contributed by atoms with van der Waals surface area (Å²) in [5.74, 6) is -1.80. The summed E-state index contributed by atoms with van der Waals surface area (Å²) in [6.45, 7) is 11.9. The summed E-state index contributed by atoms with van der Waals surface area (Å²) in [6.07, 6.45) is 17.2. The molecule has 236 valence electrons. The molecule has 2 saturated heterocycles. The Morgan fingerprint density at radius 1 is 0.732 bits per heavy atom. The third kappa shape index (κ3) is 14.7. The van der Waals surface area contributed by atoms with Gasteiger partial charge in [-0.05, 0) is 62.5 Å². The fraction of sp³-hybridized carbons (Fsp3) is 0.771. The molecule has 0 spiro atoms. The first-order valence-electron chi connectivity index (χ1n) is 16.6. The quantitative estimate of drug-likeness (QED) is 0.205. The van der Waals surface area contributed by atoms with Gasteiger partial charge in [0.1, 0.15) is 0 Å². The number of unbranched alkanes of at least 4 members (excludes halogenated alkanes) is 2. The van der Waals surface area contributed by atoms with E-state index < -0.39 is 11.9 Å². The molecular weight excluding hydrogens is 549 g/mol. The fourth-order valence-electron chi connectivity index (χ4n) is 5.67. The van der Waals surface area contributed by atoms with Crippen molar-refractivity contribution in [3.05, 3.63) is 35.4 Å². The summed E-state index contributed by atoms with van der Waals surface area (Å²) in [5, 5.41) is 20.8. The Morgan fingerprint density at radius 2 is 1.10 bits per heavy atom. The van der Waals surface area contributed by atoms with Crippen LogP contribution < -0.4 is 0 Å². The lowest BCUT2D eigenvalue weighted by Gasteiger charge is -2.34. The molecule has 2 aliphatic rings. The Labute approximate surface area is 260 Å². The molecule has 0 bridgehead atoms. The van der Waals surface area contributed by atoms with Crippen LogP contribution >= 0.6 is 23.5 Å². The van der Waals surface area contributed by atoms with Gasteiger partial charge in [0, 0.05) is 21.0 Å². The van der Waals surface area contributed by atoms with Gasteiger partial charge in [-0.2, -0.15) is 23.5 Å². The van der Waals surface area contributed by atoms with Crippen LogP contribution in [0, 0.1) is 11.8 Å². The fourth-order valence-corrected chi connectivity index (χ4v) is 9.14. The summed E-state index contributed by atoms with van der Waals surface area (Å²) in [6, 6.07) is 9.18. The predicted octanol–water partition coefficient (Wildman–Crippen LogP) is 11.3. The van der Waals surface area contributed by atoms with E-state index in [9.17, 15) is 9.59 Å². The molecule has 0 aromatic heterocycles. The van der Waals surface area contributed by atoms with E-state index in [-0.39, 0.29) is 11.8 Å². The topological polar surface area (TPSA) is 74.6 Å². The zero-order chi connectivity index (χ0) is 30.6. The number of hydrogen-bond donors (Lipinski definition) is 2. The first kappa shape index (κ1) is 37.9. The molecule has 2 fully saturated rings. The second-order valence-corrected chi connectivity index (χ2v) is 14.8. The molecule has 1 aromatic rings. The van der Waals surface area contributed by atoms with E-state index in [4.69, 9.17) is 10.2 Å². The molecule has 0 saturated carbocycles. The number of benzene rings is 1. The maximum atomic E-state index is 11.1. The summed E-state index contributed by atoms with van der Waals surface area (Å²) in [7, 11) is 0. The number of carboxylic acid groups (broad SMARTS) is 2. The van der Waals surface area contributed by atoms with Gasteiger partial charge in [-0.15, -0.1) is 0 Å². The molecule has 1 aromatic carbocycles. The molecule has 2 N–H and O–H groups in total. The third-order valence-electron chi connectivity index (χ3n) is 8.06. The average Bonchev–Trinajstić information content (AvgIpc) is 2.99. The highest BCUT2D eigenvalue weighted by Gasteiger charge is 2.30. The SMILES string of the molecule is CC.CC(CCCCC1CCCC(c2ccccc2C2CCCC(CCCCC(C)C(=O)O)S2)S1)C(=O)O.CCC. The van der Waals surface area contributed by atoms with Crippen molar-refractivity contribution in [2.75, 3.05) is 0 Å². The largest absolute Gasteiger partial charge is 0.481 e. The van der Waals surface area contributed by atoms with E-state index in [2.05, 4.69) is 61.6 Å². The van der Waals surface area contributed by atoms with Crippen LogP contribution in [0.15, 0.2) is 24.3 Å². The Morgan fingerprint density at radius 3 is 1.44 bits per heavy atom. The van der Waals surface area contributed by atoms with Crippen molar-refractivity contribution < 1.29 is 19.8 Å². The number of carbonyl (C=O) groups is 2. The summed E-state index contributed by atoms with van der Waals surface area (Å²) < 4.78 is 0. The second kappa shape index (κ2) is 22.4. The second-order valence-electron chi connectivity index (χ2n) is 11.7. The standard InChI is InChI=1S/C30H46O4S2.C3H8.C2H6/c1-21(29(31)32)11-3-5-13-23-15-9-19-27(35-23)25-17-7-8-18-26(25)28-20-10-16-24(36-28)14-6-4-12-22(2)30(33)34;1-3-2;1-2/h7-8,17-18,21-24,27-28H,3-6,9-16,19-20H2,1-2H3,(H,31,32)(H,33,34);3H2,1-2H3;1-2H3. The third-order valence-corrected chi connectivity index (χ3v) is 11.4. The number of carboxylic acids is 2. The minimum Gasteiger partial charge on any atom is -0.481 e. The van der Waals surface area contributed by atoms with E-state index in [0.29, 0.717) is 21.0 Å². The first-order chi connectivity index (χ1) is 19.8. The molecule has 2 heterocycles. The van der Waals surface area contributed by atoms with Gasteiger partial charge in [-0.1, -0.05) is 111 Å². The summed E-state index contributed by atoms with van der Waals surface area (Å²) in [4.78, 5) is 22.1. The highest BCUT2D eigenvalue weighted by atomic mass is 32.2. The van der Waals surface area contributed by atoms with Gasteiger partial charge in [0.25, 0.3) is 0 Å². The lowest BCUT2D eigenvalue weighted by atomic mass is 9.94. The zero-order valence-electron chi connectivity index (χ0n) is 26.9.